The molecule has 1 aliphatic heterocycles. The minimum absolute atomic E-state index is 0.0831. The summed E-state index contributed by atoms with van der Waals surface area (Å²) in [5.74, 6) is 1.75. The summed E-state index contributed by atoms with van der Waals surface area (Å²) in [5, 5.41) is 3.92. The van der Waals surface area contributed by atoms with Crippen molar-refractivity contribution < 1.29 is 4.79 Å². The van der Waals surface area contributed by atoms with Gasteiger partial charge in [-0.15, -0.1) is 5.10 Å². The number of aryl methyl sites for hydroxylation is 2. The van der Waals surface area contributed by atoms with E-state index in [9.17, 15) is 4.79 Å². The quantitative estimate of drug-likeness (QED) is 0.869. The highest BCUT2D eigenvalue weighted by Gasteiger charge is 2.26. The van der Waals surface area contributed by atoms with Gasteiger partial charge in [0.2, 0.25) is 0 Å². The number of piperidine rings is 1. The Balaban J connectivity index is 1.57. The molecule has 0 spiro atoms. The fourth-order valence-corrected chi connectivity index (χ4v) is 3.39. The summed E-state index contributed by atoms with van der Waals surface area (Å²) in [4.78, 5) is 19.3. The van der Waals surface area contributed by atoms with Crippen molar-refractivity contribution in [3.63, 3.8) is 0 Å². The number of carbonyl (C=O) groups is 1. The molecular formula is C14H19N5OS. The molecule has 112 valence electrons. The molecule has 2 aromatic heterocycles. The molecule has 0 unspecified atom stereocenters. The first kappa shape index (κ1) is 14.2. The molecule has 0 radical (unpaired) electrons. The van der Waals surface area contributed by atoms with Crippen LogP contribution in [0.4, 0.5) is 0 Å². The van der Waals surface area contributed by atoms with Crippen LogP contribution in [0.1, 0.15) is 34.0 Å². The van der Waals surface area contributed by atoms with Crippen molar-refractivity contribution in [1.29, 1.82) is 0 Å². The number of likely N-dealkylation sites (tertiary alicyclic amines) is 1. The van der Waals surface area contributed by atoms with E-state index in [1.54, 1.807) is 0 Å². The third-order valence-electron chi connectivity index (χ3n) is 4.13. The van der Waals surface area contributed by atoms with Crippen LogP contribution in [0.3, 0.4) is 0 Å². The van der Waals surface area contributed by atoms with Crippen molar-refractivity contribution >= 4 is 17.4 Å². The van der Waals surface area contributed by atoms with E-state index in [-0.39, 0.29) is 5.91 Å². The van der Waals surface area contributed by atoms with Crippen LogP contribution in [0, 0.1) is 19.8 Å². The van der Waals surface area contributed by atoms with Crippen LogP contribution in [-0.2, 0) is 6.54 Å². The van der Waals surface area contributed by atoms with Crippen molar-refractivity contribution in [1.82, 2.24) is 24.0 Å². The minimum Gasteiger partial charge on any atom is -0.338 e. The SMILES string of the molecule is Cc1nnsc1C(=O)N1CCC(Cn2ccnc2C)CC1. The largest absolute Gasteiger partial charge is 0.338 e. The van der Waals surface area contributed by atoms with E-state index in [0.717, 1.165) is 44.0 Å². The first-order chi connectivity index (χ1) is 10.1. The lowest BCUT2D eigenvalue weighted by molar-refractivity contribution is 0.0686. The molecule has 1 amide bonds. The number of hydrogen-bond acceptors (Lipinski definition) is 5. The number of nitrogens with zero attached hydrogens (tertiary/aromatic N) is 5. The van der Waals surface area contributed by atoms with Gasteiger partial charge in [-0.25, -0.2) is 4.98 Å². The highest BCUT2D eigenvalue weighted by Crippen LogP contribution is 2.22. The van der Waals surface area contributed by atoms with E-state index >= 15 is 0 Å². The normalized spacial score (nSPS) is 16.4. The Hall–Kier alpha value is -1.76. The van der Waals surface area contributed by atoms with Crippen LogP contribution in [0.15, 0.2) is 12.4 Å². The fraction of sp³-hybridized carbons (Fsp3) is 0.571. The zero-order chi connectivity index (χ0) is 14.8. The molecule has 1 aliphatic rings. The summed E-state index contributed by atoms with van der Waals surface area (Å²) in [7, 11) is 0. The molecule has 7 heteroatoms. The Kier molecular flexibility index (Phi) is 4.01. The highest BCUT2D eigenvalue weighted by atomic mass is 32.1. The van der Waals surface area contributed by atoms with Crippen LogP contribution >= 0.6 is 11.5 Å². The van der Waals surface area contributed by atoms with Gasteiger partial charge in [-0.1, -0.05) is 4.49 Å². The minimum atomic E-state index is 0.0831. The highest BCUT2D eigenvalue weighted by molar-refractivity contribution is 7.07. The average Bonchev–Trinajstić information content (AvgIpc) is 3.08. The Morgan fingerprint density at radius 3 is 2.71 bits per heavy atom. The predicted molar refractivity (Wildman–Crippen MR) is 80.2 cm³/mol. The summed E-state index contributed by atoms with van der Waals surface area (Å²) >= 11 is 1.19. The summed E-state index contributed by atoms with van der Waals surface area (Å²) in [5.41, 5.74) is 0.737. The van der Waals surface area contributed by atoms with Gasteiger partial charge in [0.15, 0.2) is 0 Å². The molecule has 0 aromatic carbocycles. The van der Waals surface area contributed by atoms with E-state index in [1.807, 2.05) is 31.1 Å². The second-order valence-electron chi connectivity index (χ2n) is 5.55. The molecular weight excluding hydrogens is 286 g/mol. The summed E-state index contributed by atoms with van der Waals surface area (Å²) in [6.45, 7) is 6.49. The Morgan fingerprint density at radius 1 is 1.38 bits per heavy atom. The molecule has 1 fully saturated rings. The first-order valence-electron chi connectivity index (χ1n) is 7.21. The number of amides is 1. The topological polar surface area (TPSA) is 63.9 Å². The number of hydrogen-bond donors (Lipinski definition) is 0. The third-order valence-corrected chi connectivity index (χ3v) is 4.94. The average molecular weight is 305 g/mol. The van der Waals surface area contributed by atoms with Crippen LogP contribution in [0.2, 0.25) is 0 Å². The van der Waals surface area contributed by atoms with Gasteiger partial charge in [-0.2, -0.15) is 0 Å². The van der Waals surface area contributed by atoms with Gasteiger partial charge in [0.25, 0.3) is 5.91 Å². The molecule has 2 aromatic rings. The number of rotatable bonds is 3. The third kappa shape index (κ3) is 2.97. The van der Waals surface area contributed by atoms with E-state index in [1.165, 1.54) is 11.5 Å². The molecule has 0 N–H and O–H groups in total. The lowest BCUT2D eigenvalue weighted by Crippen LogP contribution is -2.39. The van der Waals surface area contributed by atoms with E-state index in [2.05, 4.69) is 19.1 Å². The number of aromatic nitrogens is 4. The van der Waals surface area contributed by atoms with Gasteiger partial charge in [-0.3, -0.25) is 4.79 Å². The van der Waals surface area contributed by atoms with Gasteiger partial charge in [0.1, 0.15) is 10.7 Å². The Bertz CT molecular complexity index is 627. The van der Waals surface area contributed by atoms with Gasteiger partial charge < -0.3 is 9.47 Å². The summed E-state index contributed by atoms with van der Waals surface area (Å²) in [6.07, 6.45) is 5.94. The molecule has 21 heavy (non-hydrogen) atoms. The second-order valence-corrected chi connectivity index (χ2v) is 6.30. The summed E-state index contributed by atoms with van der Waals surface area (Å²) in [6, 6.07) is 0. The van der Waals surface area contributed by atoms with Gasteiger partial charge in [-0.05, 0) is 44.1 Å². The lowest BCUT2D eigenvalue weighted by Gasteiger charge is -2.32. The van der Waals surface area contributed by atoms with E-state index < -0.39 is 0 Å². The molecule has 1 saturated heterocycles. The number of imidazole rings is 1. The van der Waals surface area contributed by atoms with Gasteiger partial charge in [0, 0.05) is 32.0 Å². The smallest absolute Gasteiger partial charge is 0.267 e. The maximum Gasteiger partial charge on any atom is 0.267 e. The monoisotopic (exact) mass is 305 g/mol. The standard InChI is InChI=1S/C14H19N5OS/c1-10-13(21-17-16-10)14(20)18-6-3-12(4-7-18)9-19-8-5-15-11(19)2/h5,8,12H,3-4,6-7,9H2,1-2H3. The molecule has 0 saturated carbocycles. The van der Waals surface area contributed by atoms with Crippen molar-refractivity contribution in [2.24, 2.45) is 5.92 Å². The lowest BCUT2D eigenvalue weighted by atomic mass is 9.96. The van der Waals surface area contributed by atoms with Crippen LogP contribution in [-0.4, -0.2) is 43.0 Å². The fourth-order valence-electron chi connectivity index (χ4n) is 2.76. The molecule has 0 bridgehead atoms. The first-order valence-corrected chi connectivity index (χ1v) is 7.98. The van der Waals surface area contributed by atoms with Crippen molar-refractivity contribution in [3.8, 4) is 0 Å². The van der Waals surface area contributed by atoms with Crippen molar-refractivity contribution in [2.75, 3.05) is 13.1 Å². The second kappa shape index (κ2) is 5.93. The molecule has 0 atom stereocenters. The maximum absolute atomic E-state index is 12.4. The molecule has 6 nitrogen and oxygen atoms in total. The van der Waals surface area contributed by atoms with Gasteiger partial charge >= 0.3 is 0 Å². The zero-order valence-corrected chi connectivity index (χ0v) is 13.1. The molecule has 3 heterocycles. The number of carbonyl (C=O) groups excluding carboxylic acids is 1. The van der Waals surface area contributed by atoms with Crippen LogP contribution in [0.5, 0.6) is 0 Å². The van der Waals surface area contributed by atoms with Crippen molar-refractivity contribution in [3.05, 3.63) is 28.8 Å². The van der Waals surface area contributed by atoms with Gasteiger partial charge in [0.05, 0.1) is 5.69 Å². The Morgan fingerprint density at radius 2 is 2.14 bits per heavy atom. The zero-order valence-electron chi connectivity index (χ0n) is 12.3. The maximum atomic E-state index is 12.4. The Labute approximate surface area is 128 Å². The van der Waals surface area contributed by atoms with Crippen LogP contribution in [0.25, 0.3) is 0 Å². The summed E-state index contributed by atoms with van der Waals surface area (Å²) < 4.78 is 6.04. The van der Waals surface area contributed by atoms with Crippen LogP contribution < -0.4 is 0 Å². The predicted octanol–water partition coefficient (Wildman–Crippen LogP) is 1.90. The van der Waals surface area contributed by atoms with E-state index in [0.29, 0.717) is 10.8 Å². The molecule has 3 rings (SSSR count). The van der Waals surface area contributed by atoms with Crippen molar-refractivity contribution in [2.45, 2.75) is 33.2 Å². The van der Waals surface area contributed by atoms with E-state index in [4.69, 9.17) is 0 Å². The molecule has 0 aliphatic carbocycles.